The van der Waals surface area contributed by atoms with Crippen LogP contribution >= 0.6 is 15.9 Å². The zero-order valence-electron chi connectivity index (χ0n) is 13.9. The van der Waals surface area contributed by atoms with E-state index in [4.69, 9.17) is 5.73 Å². The number of benzene rings is 2. The molecule has 3 amide bonds. The van der Waals surface area contributed by atoms with Gasteiger partial charge in [0.1, 0.15) is 5.69 Å². The summed E-state index contributed by atoms with van der Waals surface area (Å²) in [4.78, 5) is 23.7. The number of para-hydroxylation sites is 1. The quantitative estimate of drug-likeness (QED) is 0.608. The number of carbonyl (C=O) groups is 2. The van der Waals surface area contributed by atoms with E-state index in [0.29, 0.717) is 11.4 Å². The van der Waals surface area contributed by atoms with Crippen molar-refractivity contribution < 1.29 is 9.59 Å². The summed E-state index contributed by atoms with van der Waals surface area (Å²) in [5.74, 6) is -0.608. The minimum Gasteiger partial charge on any atom is -0.366 e. The van der Waals surface area contributed by atoms with Crippen LogP contribution in [0.4, 0.5) is 16.2 Å². The molecule has 132 valence electrons. The molecule has 0 fully saturated rings. The van der Waals surface area contributed by atoms with E-state index in [1.807, 2.05) is 31.4 Å². The summed E-state index contributed by atoms with van der Waals surface area (Å²) in [5.41, 5.74) is 8.13. The molecule has 0 atom stereocenters. The number of aromatic nitrogens is 2. The van der Waals surface area contributed by atoms with Crippen molar-refractivity contribution in [3.05, 3.63) is 64.8 Å². The van der Waals surface area contributed by atoms with Gasteiger partial charge in [-0.3, -0.25) is 9.48 Å². The Hall–Kier alpha value is -3.13. The molecule has 0 radical (unpaired) electrons. The van der Waals surface area contributed by atoms with Crippen molar-refractivity contribution >= 4 is 39.2 Å². The second-order valence-corrected chi connectivity index (χ2v) is 6.42. The highest BCUT2D eigenvalue weighted by molar-refractivity contribution is 9.10. The van der Waals surface area contributed by atoms with Crippen molar-refractivity contribution in [2.24, 2.45) is 12.8 Å². The van der Waals surface area contributed by atoms with Crippen LogP contribution in [0.3, 0.4) is 0 Å². The van der Waals surface area contributed by atoms with Crippen LogP contribution in [-0.2, 0) is 7.05 Å². The molecular formula is C18H16BrN5O2. The molecule has 0 spiro atoms. The summed E-state index contributed by atoms with van der Waals surface area (Å²) in [6.45, 7) is 0. The fourth-order valence-corrected chi connectivity index (χ4v) is 3.10. The van der Waals surface area contributed by atoms with Gasteiger partial charge in [0.15, 0.2) is 0 Å². The zero-order chi connectivity index (χ0) is 18.7. The molecule has 0 saturated heterocycles. The van der Waals surface area contributed by atoms with Crippen LogP contribution < -0.4 is 16.4 Å². The van der Waals surface area contributed by atoms with Crippen LogP contribution in [0.1, 0.15) is 10.4 Å². The Labute approximate surface area is 158 Å². The minimum absolute atomic E-state index is 0.244. The number of amides is 3. The van der Waals surface area contributed by atoms with Crippen LogP contribution in [0.25, 0.3) is 11.3 Å². The molecule has 4 N–H and O–H groups in total. The highest BCUT2D eigenvalue weighted by Gasteiger charge is 2.12. The molecule has 2 aromatic carbocycles. The fraction of sp³-hybridized carbons (Fsp3) is 0.0556. The zero-order valence-corrected chi connectivity index (χ0v) is 15.4. The van der Waals surface area contributed by atoms with Gasteiger partial charge in [0.2, 0.25) is 0 Å². The average molecular weight is 414 g/mol. The lowest BCUT2D eigenvalue weighted by Gasteiger charge is -2.11. The summed E-state index contributed by atoms with van der Waals surface area (Å²) >= 11 is 3.47. The van der Waals surface area contributed by atoms with Crippen molar-refractivity contribution in [2.75, 3.05) is 10.6 Å². The van der Waals surface area contributed by atoms with Gasteiger partial charge in [0.05, 0.1) is 15.7 Å². The van der Waals surface area contributed by atoms with Gasteiger partial charge >= 0.3 is 6.03 Å². The number of anilines is 2. The maximum atomic E-state index is 12.3. The van der Waals surface area contributed by atoms with Gasteiger partial charge in [0.25, 0.3) is 5.91 Å². The van der Waals surface area contributed by atoms with E-state index in [2.05, 4.69) is 31.7 Å². The van der Waals surface area contributed by atoms with E-state index >= 15 is 0 Å². The Morgan fingerprint density at radius 1 is 1.12 bits per heavy atom. The fourth-order valence-electron chi connectivity index (χ4n) is 2.49. The van der Waals surface area contributed by atoms with Gasteiger partial charge in [-0.05, 0) is 40.2 Å². The number of hydrogen-bond donors (Lipinski definition) is 3. The lowest BCUT2D eigenvalue weighted by Crippen LogP contribution is -2.22. The maximum absolute atomic E-state index is 12.3. The van der Waals surface area contributed by atoms with Gasteiger partial charge in [0, 0.05) is 24.5 Å². The monoisotopic (exact) mass is 413 g/mol. The smallest absolute Gasteiger partial charge is 0.323 e. The first-order chi connectivity index (χ1) is 12.4. The third-order valence-corrected chi connectivity index (χ3v) is 4.20. The first-order valence-electron chi connectivity index (χ1n) is 7.70. The van der Waals surface area contributed by atoms with Crippen molar-refractivity contribution in [3.8, 4) is 11.3 Å². The number of hydrogen-bond acceptors (Lipinski definition) is 3. The molecule has 0 unspecified atom stereocenters. The summed E-state index contributed by atoms with van der Waals surface area (Å²) in [5, 5.41) is 9.77. The van der Waals surface area contributed by atoms with E-state index in [0.717, 1.165) is 15.7 Å². The third kappa shape index (κ3) is 3.92. The SMILES string of the molecule is Cn1cc(Br)c(-c2cccc(NC(=O)Nc3ccccc3C(N)=O)c2)n1. The minimum atomic E-state index is -0.608. The topological polar surface area (TPSA) is 102 Å². The molecule has 3 rings (SSSR count). The number of rotatable bonds is 4. The van der Waals surface area contributed by atoms with Crippen molar-refractivity contribution in [1.29, 1.82) is 0 Å². The summed E-state index contributed by atoms with van der Waals surface area (Å²) < 4.78 is 2.56. The molecule has 26 heavy (non-hydrogen) atoms. The largest absolute Gasteiger partial charge is 0.366 e. The molecule has 0 aliphatic rings. The molecule has 7 nitrogen and oxygen atoms in total. The first-order valence-corrected chi connectivity index (χ1v) is 8.50. The average Bonchev–Trinajstić information content (AvgIpc) is 2.93. The highest BCUT2D eigenvalue weighted by Crippen LogP contribution is 2.28. The van der Waals surface area contributed by atoms with E-state index < -0.39 is 11.9 Å². The Kier molecular flexibility index (Phi) is 5.04. The van der Waals surface area contributed by atoms with Gasteiger partial charge in [-0.25, -0.2) is 4.79 Å². The molecule has 8 heteroatoms. The number of nitrogens with one attached hydrogen (secondary N) is 2. The normalized spacial score (nSPS) is 10.4. The van der Waals surface area contributed by atoms with Crippen molar-refractivity contribution in [1.82, 2.24) is 9.78 Å². The molecule has 0 aliphatic heterocycles. The summed E-state index contributed by atoms with van der Waals surface area (Å²) in [6, 6.07) is 13.4. The van der Waals surface area contributed by atoms with Crippen LogP contribution in [0, 0.1) is 0 Å². The van der Waals surface area contributed by atoms with Crippen LogP contribution in [0.15, 0.2) is 59.2 Å². The molecule has 0 aliphatic carbocycles. The number of halogens is 1. The standard InChI is InChI=1S/C18H16BrN5O2/c1-24-10-14(19)16(23-24)11-5-4-6-12(9-11)21-18(26)22-15-8-3-2-7-13(15)17(20)25/h2-10H,1H3,(H2,20,25)(H2,21,22,26). The second kappa shape index (κ2) is 7.40. The van der Waals surface area contributed by atoms with Gasteiger partial charge < -0.3 is 16.4 Å². The first kappa shape index (κ1) is 17.7. The van der Waals surface area contributed by atoms with E-state index in [1.165, 1.54) is 0 Å². The number of nitrogens with two attached hydrogens (primary N) is 1. The number of urea groups is 1. The molecule has 0 saturated carbocycles. The Balaban J connectivity index is 1.77. The summed E-state index contributed by atoms with van der Waals surface area (Å²) in [6.07, 6.45) is 1.85. The highest BCUT2D eigenvalue weighted by atomic mass is 79.9. The summed E-state index contributed by atoms with van der Waals surface area (Å²) in [7, 11) is 1.83. The van der Waals surface area contributed by atoms with Crippen molar-refractivity contribution in [2.45, 2.75) is 0 Å². The maximum Gasteiger partial charge on any atom is 0.323 e. The van der Waals surface area contributed by atoms with E-state index in [-0.39, 0.29) is 5.56 Å². The van der Waals surface area contributed by atoms with Gasteiger partial charge in [-0.1, -0.05) is 24.3 Å². The second-order valence-electron chi connectivity index (χ2n) is 5.57. The predicted molar refractivity (Wildman–Crippen MR) is 104 cm³/mol. The third-order valence-electron chi connectivity index (χ3n) is 3.62. The van der Waals surface area contributed by atoms with Gasteiger partial charge in [-0.2, -0.15) is 5.10 Å². The molecule has 0 bridgehead atoms. The Morgan fingerprint density at radius 3 is 2.58 bits per heavy atom. The lowest BCUT2D eigenvalue weighted by atomic mass is 10.1. The molecule has 1 aromatic heterocycles. The number of primary amides is 1. The number of nitrogens with zero attached hydrogens (tertiary/aromatic N) is 2. The van der Waals surface area contributed by atoms with Crippen LogP contribution in [-0.4, -0.2) is 21.7 Å². The predicted octanol–water partition coefficient (Wildman–Crippen LogP) is 3.59. The molecular weight excluding hydrogens is 398 g/mol. The Bertz CT molecular complexity index is 983. The Morgan fingerprint density at radius 2 is 1.88 bits per heavy atom. The van der Waals surface area contributed by atoms with E-state index in [1.54, 1.807) is 35.0 Å². The molecule has 3 aromatic rings. The van der Waals surface area contributed by atoms with Gasteiger partial charge in [-0.15, -0.1) is 0 Å². The van der Waals surface area contributed by atoms with E-state index in [9.17, 15) is 9.59 Å². The van der Waals surface area contributed by atoms with Crippen LogP contribution in [0.2, 0.25) is 0 Å². The lowest BCUT2D eigenvalue weighted by molar-refractivity contribution is 0.100. The van der Waals surface area contributed by atoms with Crippen LogP contribution in [0.5, 0.6) is 0 Å². The molecule has 1 heterocycles. The number of carbonyl (C=O) groups excluding carboxylic acids is 2. The van der Waals surface area contributed by atoms with Crippen molar-refractivity contribution in [3.63, 3.8) is 0 Å². The number of aryl methyl sites for hydroxylation is 1.